The number of nitrogens with one attached hydrogen (secondary N) is 2. The van der Waals surface area contributed by atoms with Crippen molar-refractivity contribution < 1.29 is 42.6 Å². The Morgan fingerprint density at radius 2 is 2.33 bits per heavy atom. The van der Waals surface area contributed by atoms with Crippen molar-refractivity contribution in [2.45, 2.75) is 6.04 Å². The van der Waals surface area contributed by atoms with Gasteiger partial charge in [0.1, 0.15) is 6.04 Å². The molecule has 0 aliphatic carbocycles. The Bertz CT molecular complexity index is 169. The Balaban J connectivity index is 0. The van der Waals surface area contributed by atoms with Crippen molar-refractivity contribution in [3.63, 3.8) is 0 Å². The number of guanidine groups is 1. The van der Waals surface area contributed by atoms with E-state index in [2.05, 4.69) is 10.3 Å². The molecule has 0 aliphatic heterocycles. The number of carbonyl (C=O) groups is 1. The molecule has 0 saturated carbocycles. The maximum absolute atomic E-state index is 10.3. The molecule has 0 amide bonds. The first-order chi connectivity index (χ1) is 5.07. The largest absolute Gasteiger partial charge is 0.480 e. The molecule has 0 bridgehead atoms. The number of aliphatic carboxylic acids is 1. The fourth-order valence-electron chi connectivity index (χ4n) is 0.482. The van der Waals surface area contributed by atoms with E-state index >= 15 is 0 Å². The Morgan fingerprint density at radius 3 is 2.58 bits per heavy atom. The van der Waals surface area contributed by atoms with Gasteiger partial charge in [-0.3, -0.25) is 4.79 Å². The number of aliphatic imine (C=N–C) groups is 1. The molecule has 7 heteroatoms. The summed E-state index contributed by atoms with van der Waals surface area (Å²) in [7, 11) is 1.51. The fourth-order valence-corrected chi connectivity index (χ4v) is 0.482. The molecule has 1 unspecified atom stereocenters. The normalized spacial score (nSPS) is 13.2. The van der Waals surface area contributed by atoms with E-state index < -0.39 is 12.0 Å². The van der Waals surface area contributed by atoms with E-state index in [9.17, 15) is 4.79 Å². The van der Waals surface area contributed by atoms with Crippen LogP contribution in [0.1, 0.15) is 0 Å². The number of likely N-dealkylation sites (N-methyl/N-ethyl adjacent to an activating group) is 1. The summed E-state index contributed by atoms with van der Waals surface area (Å²) in [4.78, 5) is 13.7. The summed E-state index contributed by atoms with van der Waals surface area (Å²) < 4.78 is 0. The zero-order valence-electron chi connectivity index (χ0n) is 6.74. The molecule has 0 aromatic carbocycles. The number of rotatable bonds is 4. The van der Waals surface area contributed by atoms with Gasteiger partial charge in [-0.1, -0.05) is 0 Å². The van der Waals surface area contributed by atoms with Crippen LogP contribution >= 0.6 is 0 Å². The molecule has 6 nitrogen and oxygen atoms in total. The molecular weight excluding hydrogens is 237 g/mol. The third-order valence-corrected chi connectivity index (χ3v) is 1.09. The second-order valence-corrected chi connectivity index (χ2v) is 1.91. The molecule has 1 atom stereocenters. The van der Waals surface area contributed by atoms with Gasteiger partial charge in [0.05, 0.1) is 0 Å². The molecular formula is C5H11N4O2Y-. The molecule has 0 aliphatic rings. The minimum atomic E-state index is -1.00. The molecule has 5 N–H and O–H groups in total. The van der Waals surface area contributed by atoms with E-state index in [1.165, 1.54) is 7.05 Å². The van der Waals surface area contributed by atoms with Crippen LogP contribution in [0.15, 0.2) is 4.99 Å². The molecule has 1 radical (unpaired) electrons. The Morgan fingerprint density at radius 1 is 1.83 bits per heavy atom. The minimum absolute atomic E-state index is 0. The maximum Gasteiger partial charge on any atom is 0.321 e. The summed E-state index contributed by atoms with van der Waals surface area (Å²) >= 11 is 0. The second-order valence-electron chi connectivity index (χ2n) is 1.91. The summed E-state index contributed by atoms with van der Waals surface area (Å²) in [5.74, 6) is -1.36. The number of carboxylic acids is 1. The maximum atomic E-state index is 10.3. The summed E-state index contributed by atoms with van der Waals surface area (Å²) in [5, 5.41) is 11.0. The van der Waals surface area contributed by atoms with Crippen molar-refractivity contribution in [1.29, 1.82) is 0 Å². The quantitative estimate of drug-likeness (QED) is 0.438. The summed E-state index contributed by atoms with van der Waals surface area (Å²) in [6, 6.07) is -0.765. The molecule has 0 heterocycles. The summed E-state index contributed by atoms with van der Waals surface area (Å²) in [6.45, 7) is -0.0127. The summed E-state index contributed by atoms with van der Waals surface area (Å²) in [5.41, 5.74) is 11.6. The van der Waals surface area contributed by atoms with Crippen molar-refractivity contribution in [2.75, 3.05) is 13.6 Å². The van der Waals surface area contributed by atoms with Gasteiger partial charge in [-0.25, -0.2) is 0 Å². The molecule has 0 fully saturated rings. The van der Waals surface area contributed by atoms with Gasteiger partial charge in [0.2, 0.25) is 0 Å². The standard InChI is InChI=1S/C5H12N4O2.Y/c1-8-3(4(10)11)2-9-5(6)7;/h3,8H,2H2,1H3,(H5,6,7,9,10,11);/p-1. The average Bonchev–Trinajstić information content (AvgIpc) is 1.87. The van der Waals surface area contributed by atoms with Crippen LogP contribution in [0.3, 0.4) is 0 Å². The zero-order valence-corrected chi connectivity index (χ0v) is 9.58. The van der Waals surface area contributed by atoms with E-state index in [4.69, 9.17) is 16.6 Å². The van der Waals surface area contributed by atoms with Crippen LogP contribution in [-0.2, 0) is 37.5 Å². The molecule has 0 saturated heterocycles. The van der Waals surface area contributed by atoms with Gasteiger partial charge in [-0.2, -0.15) is 0 Å². The fraction of sp³-hybridized carbons (Fsp3) is 0.600. The predicted octanol–water partition coefficient (Wildman–Crippen LogP) is -0.977. The van der Waals surface area contributed by atoms with Crippen LogP contribution in [0.2, 0.25) is 0 Å². The van der Waals surface area contributed by atoms with E-state index in [-0.39, 0.29) is 45.2 Å². The Hall–Kier alpha value is -0.196. The van der Waals surface area contributed by atoms with Crippen LogP contribution in [0.5, 0.6) is 0 Å². The molecule has 67 valence electrons. The van der Waals surface area contributed by atoms with Crippen LogP contribution in [-0.4, -0.2) is 36.7 Å². The third-order valence-electron chi connectivity index (χ3n) is 1.09. The van der Waals surface area contributed by atoms with Gasteiger partial charge in [-0.15, -0.1) is 0 Å². The van der Waals surface area contributed by atoms with Crippen LogP contribution < -0.4 is 11.1 Å². The first-order valence-corrected chi connectivity index (χ1v) is 2.99. The van der Waals surface area contributed by atoms with Gasteiger partial charge >= 0.3 is 5.97 Å². The van der Waals surface area contributed by atoms with E-state index in [0.717, 1.165) is 0 Å². The number of hydrogen-bond acceptors (Lipinski definition) is 3. The van der Waals surface area contributed by atoms with Crippen LogP contribution in [0, 0.1) is 0 Å². The van der Waals surface area contributed by atoms with Crippen molar-refractivity contribution >= 4 is 11.9 Å². The van der Waals surface area contributed by atoms with Gasteiger partial charge < -0.3 is 26.9 Å². The monoisotopic (exact) mass is 248 g/mol. The van der Waals surface area contributed by atoms with E-state index in [0.29, 0.717) is 0 Å². The van der Waals surface area contributed by atoms with Gasteiger partial charge in [0, 0.05) is 45.2 Å². The number of nitrogens with zero attached hydrogens (tertiary/aromatic N) is 1. The Kier molecular flexibility index (Phi) is 8.90. The molecule has 0 spiro atoms. The van der Waals surface area contributed by atoms with E-state index in [1.807, 2.05) is 0 Å². The first kappa shape index (κ1) is 14.3. The van der Waals surface area contributed by atoms with Crippen molar-refractivity contribution in [3.05, 3.63) is 5.73 Å². The minimum Gasteiger partial charge on any atom is -0.480 e. The smallest absolute Gasteiger partial charge is 0.321 e. The topological polar surface area (TPSA) is 112 Å². The van der Waals surface area contributed by atoms with Crippen molar-refractivity contribution in [3.8, 4) is 0 Å². The SMILES string of the molecule is CNC(CN=C([NH-])N)C(=O)O.[Y]. The average molecular weight is 248 g/mol. The van der Waals surface area contributed by atoms with Gasteiger partial charge in [0.25, 0.3) is 0 Å². The predicted molar refractivity (Wildman–Crippen MR) is 41.3 cm³/mol. The third kappa shape index (κ3) is 6.51. The van der Waals surface area contributed by atoms with Gasteiger partial charge in [-0.05, 0) is 7.05 Å². The first-order valence-electron chi connectivity index (χ1n) is 2.99. The molecule has 0 rings (SSSR count). The van der Waals surface area contributed by atoms with Gasteiger partial charge in [0.15, 0.2) is 0 Å². The van der Waals surface area contributed by atoms with Crippen molar-refractivity contribution in [2.24, 2.45) is 10.7 Å². The number of nitrogens with two attached hydrogens (primary N) is 1. The number of hydrogen-bond donors (Lipinski definition) is 3. The molecule has 0 aromatic rings. The molecule has 12 heavy (non-hydrogen) atoms. The van der Waals surface area contributed by atoms with Crippen LogP contribution in [0.4, 0.5) is 0 Å². The van der Waals surface area contributed by atoms with Crippen molar-refractivity contribution in [1.82, 2.24) is 5.32 Å². The summed E-state index contributed by atoms with van der Waals surface area (Å²) in [6.07, 6.45) is 0. The Labute approximate surface area is 95.7 Å². The van der Waals surface area contributed by atoms with E-state index in [1.54, 1.807) is 0 Å². The zero-order chi connectivity index (χ0) is 8.85. The second kappa shape index (κ2) is 7.45. The number of carboxylic acid groups (broad SMARTS) is 1. The van der Waals surface area contributed by atoms with Crippen LogP contribution in [0.25, 0.3) is 5.73 Å². The molecule has 0 aromatic heterocycles.